The van der Waals surface area contributed by atoms with E-state index in [1.54, 1.807) is 13.1 Å². The second-order valence-electron chi connectivity index (χ2n) is 5.08. The number of hydrogen-bond acceptors (Lipinski definition) is 4. The second kappa shape index (κ2) is 7.06. The number of piperazine rings is 1. The molecule has 0 bridgehead atoms. The first-order valence-corrected chi connectivity index (χ1v) is 7.68. The molecule has 120 valence electrons. The van der Waals surface area contributed by atoms with Crippen LogP contribution < -0.4 is 16.0 Å². The van der Waals surface area contributed by atoms with Crippen LogP contribution in [0.15, 0.2) is 16.6 Å². The van der Waals surface area contributed by atoms with E-state index in [0.29, 0.717) is 42.9 Å². The number of hydrogen-bond donors (Lipinski definition) is 2. The first-order valence-electron chi connectivity index (χ1n) is 6.89. The van der Waals surface area contributed by atoms with Crippen LogP contribution in [-0.4, -0.2) is 56.5 Å². The third-order valence-corrected chi connectivity index (χ3v) is 4.10. The van der Waals surface area contributed by atoms with Crippen molar-refractivity contribution in [1.82, 2.24) is 10.2 Å². The molecule has 1 fully saturated rings. The molecule has 0 radical (unpaired) electrons. The van der Waals surface area contributed by atoms with Crippen molar-refractivity contribution in [3.63, 3.8) is 0 Å². The van der Waals surface area contributed by atoms with Gasteiger partial charge in [0.15, 0.2) is 0 Å². The number of likely N-dealkylation sites (N-methyl/N-ethyl adjacent to an activating group) is 1. The summed E-state index contributed by atoms with van der Waals surface area (Å²) in [5.74, 6) is -1.46. The molecule has 1 aliphatic heterocycles. The quantitative estimate of drug-likeness (QED) is 0.809. The normalized spacial score (nSPS) is 15.7. The zero-order chi connectivity index (χ0) is 16.3. The van der Waals surface area contributed by atoms with Gasteiger partial charge in [-0.25, -0.2) is 4.39 Å². The van der Waals surface area contributed by atoms with Crippen LogP contribution in [0, 0.1) is 5.82 Å². The number of halogens is 2. The monoisotopic (exact) mass is 372 g/mol. The number of nitrogens with zero attached hydrogens (tertiary/aromatic N) is 2. The van der Waals surface area contributed by atoms with E-state index in [2.05, 4.69) is 21.2 Å². The third-order valence-electron chi connectivity index (χ3n) is 3.64. The molecule has 1 heterocycles. The van der Waals surface area contributed by atoms with Crippen LogP contribution >= 0.6 is 15.9 Å². The number of nitrogens with one attached hydrogen (secondary N) is 1. The molecule has 0 aromatic heterocycles. The Kier molecular flexibility index (Phi) is 5.36. The van der Waals surface area contributed by atoms with Crippen LogP contribution in [0.2, 0.25) is 0 Å². The summed E-state index contributed by atoms with van der Waals surface area (Å²) in [4.78, 5) is 26.8. The molecule has 2 rings (SSSR count). The molecule has 1 aliphatic rings. The van der Waals surface area contributed by atoms with Crippen molar-refractivity contribution in [2.24, 2.45) is 5.73 Å². The molecule has 2 amide bonds. The van der Waals surface area contributed by atoms with Crippen molar-refractivity contribution in [2.75, 3.05) is 44.7 Å². The minimum Gasteiger partial charge on any atom is -0.368 e. The minimum atomic E-state index is -0.784. The molecule has 8 heteroatoms. The molecule has 0 saturated carbocycles. The number of amides is 2. The Hall–Kier alpha value is -1.67. The fourth-order valence-corrected chi connectivity index (χ4v) is 2.90. The van der Waals surface area contributed by atoms with Crippen LogP contribution in [0.5, 0.6) is 0 Å². The van der Waals surface area contributed by atoms with E-state index in [1.165, 1.54) is 6.07 Å². The molecule has 3 N–H and O–H groups in total. The molecular formula is C14H18BrFN4O2. The summed E-state index contributed by atoms with van der Waals surface area (Å²) >= 11 is 3.23. The molecule has 6 nitrogen and oxygen atoms in total. The number of carbonyl (C=O) groups excluding carboxylic acids is 2. The average molecular weight is 373 g/mol. The summed E-state index contributed by atoms with van der Waals surface area (Å²) in [6.07, 6.45) is 0. The lowest BCUT2D eigenvalue weighted by atomic mass is 10.1. The Morgan fingerprint density at radius 2 is 1.95 bits per heavy atom. The molecule has 22 heavy (non-hydrogen) atoms. The van der Waals surface area contributed by atoms with Gasteiger partial charge in [0.1, 0.15) is 5.82 Å². The zero-order valence-electron chi connectivity index (χ0n) is 12.2. The van der Waals surface area contributed by atoms with E-state index < -0.39 is 11.7 Å². The summed E-state index contributed by atoms with van der Waals surface area (Å²) < 4.78 is 14.5. The first-order chi connectivity index (χ1) is 10.4. The van der Waals surface area contributed by atoms with Gasteiger partial charge in [0, 0.05) is 37.7 Å². The van der Waals surface area contributed by atoms with Crippen LogP contribution in [-0.2, 0) is 4.79 Å². The molecule has 0 atom stereocenters. The molecular weight excluding hydrogens is 355 g/mol. The van der Waals surface area contributed by atoms with E-state index in [9.17, 15) is 14.0 Å². The molecule has 0 aliphatic carbocycles. The van der Waals surface area contributed by atoms with Gasteiger partial charge in [-0.1, -0.05) is 15.9 Å². The highest BCUT2D eigenvalue weighted by Gasteiger charge is 2.24. The Balaban J connectivity index is 2.14. The molecule has 1 saturated heterocycles. The van der Waals surface area contributed by atoms with E-state index in [0.717, 1.165) is 0 Å². The zero-order valence-corrected chi connectivity index (χ0v) is 13.8. The third kappa shape index (κ3) is 3.75. The second-order valence-corrected chi connectivity index (χ2v) is 6.00. The van der Waals surface area contributed by atoms with Gasteiger partial charge in [0.05, 0.1) is 17.8 Å². The van der Waals surface area contributed by atoms with Crippen molar-refractivity contribution in [3.05, 3.63) is 28.0 Å². The summed E-state index contributed by atoms with van der Waals surface area (Å²) in [6, 6.07) is 2.92. The molecule has 1 aromatic carbocycles. The summed E-state index contributed by atoms with van der Waals surface area (Å²) in [5, 5.41) is 2.58. The van der Waals surface area contributed by atoms with Gasteiger partial charge in [-0.2, -0.15) is 0 Å². The molecule has 0 spiro atoms. The average Bonchev–Trinajstić information content (AvgIpc) is 2.46. The Morgan fingerprint density at radius 3 is 2.50 bits per heavy atom. The highest BCUT2D eigenvalue weighted by molar-refractivity contribution is 9.10. The first kappa shape index (κ1) is 16.7. The molecule has 0 unspecified atom stereocenters. The predicted molar refractivity (Wildman–Crippen MR) is 85.3 cm³/mol. The van der Waals surface area contributed by atoms with Gasteiger partial charge in [-0.15, -0.1) is 0 Å². The largest absolute Gasteiger partial charge is 0.368 e. The highest BCUT2D eigenvalue weighted by atomic mass is 79.9. The van der Waals surface area contributed by atoms with Gasteiger partial charge in [-0.05, 0) is 12.1 Å². The Labute approximate surface area is 136 Å². The van der Waals surface area contributed by atoms with E-state index in [1.807, 2.05) is 9.80 Å². The number of rotatable bonds is 4. The maximum absolute atomic E-state index is 14.0. The predicted octanol–water partition coefficient (Wildman–Crippen LogP) is 0.555. The number of primary amides is 1. The highest BCUT2D eigenvalue weighted by Crippen LogP contribution is 2.28. The molecule has 1 aromatic rings. The van der Waals surface area contributed by atoms with Gasteiger partial charge in [0.25, 0.3) is 5.91 Å². The lowest BCUT2D eigenvalue weighted by Crippen LogP contribution is -2.49. The maximum Gasteiger partial charge on any atom is 0.253 e. The summed E-state index contributed by atoms with van der Waals surface area (Å²) in [7, 11) is 1.60. The van der Waals surface area contributed by atoms with Gasteiger partial charge in [-0.3, -0.25) is 14.5 Å². The fraction of sp³-hybridized carbons (Fsp3) is 0.429. The van der Waals surface area contributed by atoms with Crippen molar-refractivity contribution in [3.8, 4) is 0 Å². The van der Waals surface area contributed by atoms with Crippen LogP contribution in [0.4, 0.5) is 10.1 Å². The topological polar surface area (TPSA) is 78.7 Å². The number of benzene rings is 1. The minimum absolute atomic E-state index is 0.0419. The van der Waals surface area contributed by atoms with Crippen LogP contribution in [0.1, 0.15) is 10.4 Å². The standard InChI is InChI=1S/C14H18BrFN4O2/c1-18-12(21)8-19-2-4-20(5-3-19)11-7-9(15)6-10(16)13(11)14(17)22/h6-7H,2-5,8H2,1H3,(H2,17,22)(H,18,21). The van der Waals surface area contributed by atoms with Crippen molar-refractivity contribution in [2.45, 2.75) is 0 Å². The smallest absolute Gasteiger partial charge is 0.253 e. The van der Waals surface area contributed by atoms with Crippen molar-refractivity contribution < 1.29 is 14.0 Å². The SMILES string of the molecule is CNC(=O)CN1CCN(c2cc(Br)cc(F)c2C(N)=O)CC1. The van der Waals surface area contributed by atoms with Crippen LogP contribution in [0.3, 0.4) is 0 Å². The van der Waals surface area contributed by atoms with E-state index in [-0.39, 0.29) is 11.5 Å². The van der Waals surface area contributed by atoms with Crippen LogP contribution in [0.25, 0.3) is 0 Å². The lowest BCUT2D eigenvalue weighted by molar-refractivity contribution is -0.121. The van der Waals surface area contributed by atoms with E-state index >= 15 is 0 Å². The maximum atomic E-state index is 14.0. The number of nitrogens with two attached hydrogens (primary N) is 1. The number of carbonyl (C=O) groups is 2. The number of anilines is 1. The fourth-order valence-electron chi connectivity index (χ4n) is 2.48. The Bertz CT molecular complexity index is 588. The van der Waals surface area contributed by atoms with Crippen molar-refractivity contribution >= 4 is 33.4 Å². The van der Waals surface area contributed by atoms with Gasteiger partial charge < -0.3 is 16.0 Å². The Morgan fingerprint density at radius 1 is 1.32 bits per heavy atom. The summed E-state index contributed by atoms with van der Waals surface area (Å²) in [6.45, 7) is 2.82. The lowest BCUT2D eigenvalue weighted by Gasteiger charge is -2.36. The van der Waals surface area contributed by atoms with Gasteiger partial charge >= 0.3 is 0 Å². The van der Waals surface area contributed by atoms with Crippen molar-refractivity contribution in [1.29, 1.82) is 0 Å². The van der Waals surface area contributed by atoms with E-state index in [4.69, 9.17) is 5.73 Å². The summed E-state index contributed by atoms with van der Waals surface area (Å²) in [5.41, 5.74) is 5.69. The van der Waals surface area contributed by atoms with Gasteiger partial charge in [0.2, 0.25) is 5.91 Å².